The van der Waals surface area contributed by atoms with E-state index in [0.717, 1.165) is 23.3 Å². The van der Waals surface area contributed by atoms with Crippen LogP contribution in [0.4, 0.5) is 0 Å². The van der Waals surface area contributed by atoms with Gasteiger partial charge in [0.25, 0.3) is 0 Å². The lowest BCUT2D eigenvalue weighted by molar-refractivity contribution is -0.121. The summed E-state index contributed by atoms with van der Waals surface area (Å²) in [5, 5.41) is 2.90. The summed E-state index contributed by atoms with van der Waals surface area (Å²) in [5.74, 6) is 1.00. The van der Waals surface area contributed by atoms with Crippen LogP contribution in [0.15, 0.2) is 24.3 Å². The number of hydrogen-bond donors (Lipinski definition) is 2. The Hall–Kier alpha value is -1.30. The van der Waals surface area contributed by atoms with Crippen LogP contribution in [0.25, 0.3) is 11.0 Å². The van der Waals surface area contributed by atoms with Gasteiger partial charge >= 0.3 is 0 Å². The van der Waals surface area contributed by atoms with Crippen molar-refractivity contribution < 1.29 is 4.79 Å². The van der Waals surface area contributed by atoms with Crippen molar-refractivity contribution in [3.05, 3.63) is 30.1 Å². The van der Waals surface area contributed by atoms with Crippen molar-refractivity contribution >= 4 is 41.8 Å². The Morgan fingerprint density at radius 2 is 1.91 bits per heavy atom. The van der Waals surface area contributed by atoms with Crippen molar-refractivity contribution in [2.24, 2.45) is 5.73 Å². The highest BCUT2D eigenvalue weighted by Crippen LogP contribution is 2.20. The lowest BCUT2D eigenvalue weighted by Crippen LogP contribution is -2.31. The smallest absolute Gasteiger partial charge is 0.221 e. The average Bonchev–Trinajstić information content (AvgIpc) is 2.75. The van der Waals surface area contributed by atoms with E-state index in [-0.39, 0.29) is 36.8 Å². The fourth-order valence-electron chi connectivity index (χ4n) is 2.53. The fourth-order valence-corrected chi connectivity index (χ4v) is 2.53. The Kier molecular flexibility index (Phi) is 9.20. The lowest BCUT2D eigenvalue weighted by Gasteiger charge is -2.13. The number of nitrogens with one attached hydrogen (secondary N) is 1. The number of fused-ring (bicyclic) bond motifs is 1. The number of nitrogens with zero attached hydrogens (tertiary/aromatic N) is 2. The Morgan fingerprint density at radius 3 is 2.52 bits per heavy atom. The number of rotatable bonds is 6. The van der Waals surface area contributed by atoms with E-state index in [4.69, 9.17) is 5.73 Å². The minimum atomic E-state index is -0.106. The first-order chi connectivity index (χ1) is 9.99. The Bertz CT molecular complexity index is 626. The summed E-state index contributed by atoms with van der Waals surface area (Å²) in [6.45, 7) is 6.71. The molecule has 1 heterocycles. The first kappa shape index (κ1) is 21.7. The van der Waals surface area contributed by atoms with Gasteiger partial charge in [-0.15, -0.1) is 24.8 Å². The molecule has 0 aliphatic heterocycles. The zero-order chi connectivity index (χ0) is 15.4. The molecule has 0 aliphatic carbocycles. The first-order valence-corrected chi connectivity index (χ1v) is 7.47. The maximum absolute atomic E-state index is 11.6. The van der Waals surface area contributed by atoms with Crippen molar-refractivity contribution in [3.8, 4) is 0 Å². The number of halogens is 2. The molecule has 5 nitrogen and oxygen atoms in total. The van der Waals surface area contributed by atoms with Crippen molar-refractivity contribution in [2.75, 3.05) is 6.54 Å². The summed E-state index contributed by atoms with van der Waals surface area (Å²) in [6.07, 6.45) is 1.08. The number of carbonyl (C=O) groups is 1. The second-order valence-electron chi connectivity index (χ2n) is 5.76. The molecule has 2 rings (SSSR count). The van der Waals surface area contributed by atoms with Crippen LogP contribution < -0.4 is 11.1 Å². The van der Waals surface area contributed by atoms with E-state index < -0.39 is 0 Å². The standard InChI is InChI=1S/C16H24N4O.2ClH/c1-11(2)20-14-7-5-4-6-13(14)19-15(20)8-9-18-16(21)10-12(3)17;;/h4-7,11-12H,8-10,17H2,1-3H3,(H,18,21);2*1H. The molecular weight excluding hydrogens is 335 g/mol. The fraction of sp³-hybridized carbons (Fsp3) is 0.500. The molecule has 0 radical (unpaired) electrons. The van der Waals surface area contributed by atoms with Crippen LogP contribution in [0, 0.1) is 0 Å². The topological polar surface area (TPSA) is 72.9 Å². The molecule has 130 valence electrons. The summed E-state index contributed by atoms with van der Waals surface area (Å²) in [5.41, 5.74) is 7.76. The van der Waals surface area contributed by atoms with Crippen molar-refractivity contribution in [2.45, 2.75) is 45.7 Å². The molecule has 0 spiro atoms. The van der Waals surface area contributed by atoms with Crippen molar-refractivity contribution in [1.82, 2.24) is 14.9 Å². The predicted molar refractivity (Wildman–Crippen MR) is 99.6 cm³/mol. The number of carbonyl (C=O) groups excluding carboxylic acids is 1. The van der Waals surface area contributed by atoms with Gasteiger partial charge in [0.2, 0.25) is 5.91 Å². The normalized spacial score (nSPS) is 11.7. The minimum absolute atomic E-state index is 0. The maximum atomic E-state index is 11.6. The molecule has 1 amide bonds. The highest BCUT2D eigenvalue weighted by molar-refractivity contribution is 5.85. The Balaban J connectivity index is 0.00000242. The zero-order valence-corrected chi connectivity index (χ0v) is 15.4. The monoisotopic (exact) mass is 360 g/mol. The summed E-state index contributed by atoms with van der Waals surface area (Å²) in [4.78, 5) is 16.3. The van der Waals surface area contributed by atoms with Crippen LogP contribution in [0.1, 0.15) is 39.1 Å². The zero-order valence-electron chi connectivity index (χ0n) is 13.8. The molecule has 1 aromatic heterocycles. The summed E-state index contributed by atoms with van der Waals surface area (Å²) < 4.78 is 2.23. The maximum Gasteiger partial charge on any atom is 0.221 e. The van der Waals surface area contributed by atoms with E-state index in [1.807, 2.05) is 25.1 Å². The average molecular weight is 361 g/mol. The molecule has 0 saturated heterocycles. The molecule has 23 heavy (non-hydrogen) atoms. The van der Waals surface area contributed by atoms with Crippen LogP contribution >= 0.6 is 24.8 Å². The molecule has 3 N–H and O–H groups in total. The van der Waals surface area contributed by atoms with Gasteiger partial charge < -0.3 is 15.6 Å². The van der Waals surface area contributed by atoms with Gasteiger partial charge in [0.1, 0.15) is 5.82 Å². The van der Waals surface area contributed by atoms with Gasteiger partial charge in [0.05, 0.1) is 11.0 Å². The summed E-state index contributed by atoms with van der Waals surface area (Å²) in [6, 6.07) is 8.36. The SMILES string of the molecule is CC(N)CC(=O)NCCc1nc2ccccc2n1C(C)C.Cl.Cl. The molecule has 0 aliphatic rings. The lowest BCUT2D eigenvalue weighted by atomic mass is 10.2. The van der Waals surface area contributed by atoms with E-state index in [0.29, 0.717) is 19.0 Å². The molecule has 0 saturated carbocycles. The quantitative estimate of drug-likeness (QED) is 0.831. The largest absolute Gasteiger partial charge is 0.356 e. The summed E-state index contributed by atoms with van der Waals surface area (Å²) >= 11 is 0. The molecule has 1 aromatic carbocycles. The van der Waals surface area contributed by atoms with Gasteiger partial charge in [0, 0.05) is 31.5 Å². The van der Waals surface area contributed by atoms with Crippen molar-refractivity contribution in [1.29, 1.82) is 0 Å². The number of hydrogen-bond acceptors (Lipinski definition) is 3. The van der Waals surface area contributed by atoms with Gasteiger partial charge in [-0.05, 0) is 32.9 Å². The van der Waals surface area contributed by atoms with Gasteiger partial charge in [0.15, 0.2) is 0 Å². The van der Waals surface area contributed by atoms with Crippen LogP contribution in [-0.2, 0) is 11.2 Å². The van der Waals surface area contributed by atoms with Crippen LogP contribution in [0.2, 0.25) is 0 Å². The molecule has 1 atom stereocenters. The third-order valence-electron chi connectivity index (χ3n) is 3.36. The Morgan fingerprint density at radius 1 is 1.26 bits per heavy atom. The third kappa shape index (κ3) is 5.68. The number of para-hydroxylation sites is 2. The number of amides is 1. The summed E-state index contributed by atoms with van der Waals surface area (Å²) in [7, 11) is 0. The predicted octanol–water partition coefficient (Wildman–Crippen LogP) is 2.86. The second-order valence-corrected chi connectivity index (χ2v) is 5.76. The van der Waals surface area contributed by atoms with Gasteiger partial charge in [-0.1, -0.05) is 12.1 Å². The molecule has 0 bridgehead atoms. The first-order valence-electron chi connectivity index (χ1n) is 7.47. The van der Waals surface area contributed by atoms with E-state index in [1.54, 1.807) is 0 Å². The van der Waals surface area contributed by atoms with Crippen LogP contribution in [0.5, 0.6) is 0 Å². The molecule has 2 aromatic rings. The van der Waals surface area contributed by atoms with Gasteiger partial charge in [-0.25, -0.2) is 4.98 Å². The number of benzene rings is 1. The molecule has 7 heteroatoms. The van der Waals surface area contributed by atoms with Gasteiger partial charge in [-0.2, -0.15) is 0 Å². The van der Waals surface area contributed by atoms with Crippen molar-refractivity contribution in [3.63, 3.8) is 0 Å². The van der Waals surface area contributed by atoms with Gasteiger partial charge in [-0.3, -0.25) is 4.79 Å². The number of nitrogens with two attached hydrogens (primary N) is 1. The third-order valence-corrected chi connectivity index (χ3v) is 3.36. The molecular formula is C16H26Cl2N4O. The number of imidazole rings is 1. The van der Waals surface area contributed by atoms with Crippen LogP contribution in [0.3, 0.4) is 0 Å². The Labute approximate surface area is 149 Å². The highest BCUT2D eigenvalue weighted by Gasteiger charge is 2.13. The van der Waals surface area contributed by atoms with Crippen LogP contribution in [-0.4, -0.2) is 28.0 Å². The van der Waals surface area contributed by atoms with E-state index in [1.165, 1.54) is 0 Å². The molecule has 0 fully saturated rings. The number of aromatic nitrogens is 2. The second kappa shape index (κ2) is 9.75. The highest BCUT2D eigenvalue weighted by atomic mass is 35.5. The van der Waals surface area contributed by atoms with E-state index in [9.17, 15) is 4.79 Å². The van der Waals surface area contributed by atoms with E-state index in [2.05, 4.69) is 34.8 Å². The minimum Gasteiger partial charge on any atom is -0.356 e. The van der Waals surface area contributed by atoms with E-state index >= 15 is 0 Å². The molecule has 1 unspecified atom stereocenters.